The Kier molecular flexibility index (Phi) is 9.54. The van der Waals surface area contributed by atoms with E-state index in [1.165, 1.54) is 30.6 Å². The van der Waals surface area contributed by atoms with Crippen LogP contribution in [0.2, 0.25) is 0 Å². The van der Waals surface area contributed by atoms with Crippen LogP contribution in [0, 0.1) is 6.42 Å². The Morgan fingerprint density at radius 2 is 1.76 bits per heavy atom. The summed E-state index contributed by atoms with van der Waals surface area (Å²) in [5.74, 6) is 0. The second kappa shape index (κ2) is 10.0. The molecule has 1 saturated carbocycles. The van der Waals surface area contributed by atoms with Crippen molar-refractivity contribution in [2.45, 2.75) is 35.8 Å². The Balaban J connectivity index is 0.000000317. The van der Waals surface area contributed by atoms with Crippen LogP contribution in [0.3, 0.4) is 0 Å². The zero-order valence-electron chi connectivity index (χ0n) is 9.41. The first-order chi connectivity index (χ1) is 8.18. The minimum absolute atomic E-state index is 0.760. The molecule has 0 saturated heterocycles. The minimum atomic E-state index is -1.92. The third kappa shape index (κ3) is 8.80. The van der Waals surface area contributed by atoms with Crippen LogP contribution in [0.15, 0.2) is 35.2 Å². The average molecular weight is 346 g/mol. The monoisotopic (exact) mass is 344 g/mol. The average Bonchev–Trinajstić information content (AvgIpc) is 2.31. The number of halogens is 3. The largest absolute Gasteiger partial charge is 0.315 e. The summed E-state index contributed by atoms with van der Waals surface area (Å²) in [6.07, 6.45) is 7.94. The van der Waals surface area contributed by atoms with Crippen molar-refractivity contribution >= 4 is 39.7 Å². The first-order valence-corrected chi connectivity index (χ1v) is 12.9. The van der Waals surface area contributed by atoms with Crippen molar-refractivity contribution in [3.05, 3.63) is 36.8 Å². The van der Waals surface area contributed by atoms with Crippen LogP contribution in [0.1, 0.15) is 25.7 Å². The Labute approximate surface area is 126 Å². The van der Waals surface area contributed by atoms with E-state index in [4.69, 9.17) is 27.9 Å². The van der Waals surface area contributed by atoms with Gasteiger partial charge in [0.1, 0.15) is 0 Å². The first kappa shape index (κ1) is 16.2. The molecular formula is C12H15Cl3STi. The van der Waals surface area contributed by atoms with E-state index in [1.54, 1.807) is 0 Å². The van der Waals surface area contributed by atoms with Crippen LogP contribution in [-0.4, -0.2) is 5.25 Å². The van der Waals surface area contributed by atoms with Crippen molar-refractivity contribution < 1.29 is 14.7 Å². The molecular weight excluding hydrogens is 330 g/mol. The molecule has 0 aromatic heterocycles. The number of benzene rings is 1. The van der Waals surface area contributed by atoms with Crippen LogP contribution in [0.4, 0.5) is 0 Å². The zero-order chi connectivity index (χ0) is 12.5. The van der Waals surface area contributed by atoms with Gasteiger partial charge in [-0.3, -0.25) is 0 Å². The Morgan fingerprint density at radius 3 is 2.29 bits per heavy atom. The van der Waals surface area contributed by atoms with Crippen molar-refractivity contribution in [1.82, 2.24) is 0 Å². The predicted molar refractivity (Wildman–Crippen MR) is 76.4 cm³/mol. The van der Waals surface area contributed by atoms with Gasteiger partial charge in [-0.1, -0.05) is 37.5 Å². The fourth-order valence-corrected chi connectivity index (χ4v) is 2.87. The van der Waals surface area contributed by atoms with Gasteiger partial charge >= 0.3 is 42.6 Å². The molecule has 1 unspecified atom stereocenters. The standard InChI is InChI=1S/C12H15S.3ClH.Ti/c1-3-7-11(8-4-1)13-12-9-5-2-6-10-12;;;;/h1,3-4,7-9,12H,2,5-6,10H2;3*1H;/q-1;;;;+4/p-3. The van der Waals surface area contributed by atoms with Crippen LogP contribution < -0.4 is 0 Å². The van der Waals surface area contributed by atoms with E-state index in [1.807, 2.05) is 11.8 Å². The predicted octanol–water partition coefficient (Wildman–Crippen LogP) is 5.99. The van der Waals surface area contributed by atoms with Gasteiger partial charge in [-0.25, -0.2) is 0 Å². The normalized spacial score (nSPS) is 19.1. The molecule has 1 atom stereocenters. The quantitative estimate of drug-likeness (QED) is 0.468. The van der Waals surface area contributed by atoms with Gasteiger partial charge in [0, 0.05) is 4.90 Å². The molecule has 5 heteroatoms. The maximum Gasteiger partial charge on any atom is 0.00485 e. The van der Waals surface area contributed by atoms with E-state index < -0.39 is 14.7 Å². The molecule has 17 heavy (non-hydrogen) atoms. The van der Waals surface area contributed by atoms with Gasteiger partial charge in [-0.05, 0) is 12.1 Å². The third-order valence-electron chi connectivity index (χ3n) is 2.40. The maximum absolute atomic E-state index is 4.97. The molecule has 0 nitrogen and oxygen atoms in total. The molecule has 0 aliphatic heterocycles. The van der Waals surface area contributed by atoms with Gasteiger partial charge in [0.15, 0.2) is 0 Å². The summed E-state index contributed by atoms with van der Waals surface area (Å²) in [5.41, 5.74) is 0. The third-order valence-corrected chi connectivity index (χ3v) is 3.68. The number of thioether (sulfide) groups is 1. The van der Waals surface area contributed by atoms with Crippen molar-refractivity contribution in [2.75, 3.05) is 0 Å². The fraction of sp³-hybridized carbons (Fsp3) is 0.417. The molecule has 0 radical (unpaired) electrons. The Hall–Kier alpha value is 1.15. The number of hydrogen-bond donors (Lipinski definition) is 0. The molecule has 1 aliphatic rings. The summed E-state index contributed by atoms with van der Waals surface area (Å²) in [7, 11) is 14.9. The van der Waals surface area contributed by atoms with Gasteiger partial charge in [0.25, 0.3) is 0 Å². The number of hydrogen-bond acceptors (Lipinski definition) is 1. The van der Waals surface area contributed by atoms with Crippen LogP contribution >= 0.6 is 39.7 Å². The molecule has 0 amide bonds. The molecule has 0 bridgehead atoms. The molecule has 1 aromatic carbocycles. The molecule has 2 rings (SSSR count). The topological polar surface area (TPSA) is 0 Å². The van der Waals surface area contributed by atoms with Crippen LogP contribution in [0.5, 0.6) is 0 Å². The second-order valence-electron chi connectivity index (χ2n) is 3.70. The van der Waals surface area contributed by atoms with Gasteiger partial charge in [-0.2, -0.15) is 18.2 Å². The van der Waals surface area contributed by atoms with Gasteiger partial charge in [-0.15, -0.1) is 5.25 Å². The summed E-state index contributed by atoms with van der Waals surface area (Å²) in [6, 6.07) is 10.7. The van der Waals surface area contributed by atoms with Crippen molar-refractivity contribution in [3.63, 3.8) is 0 Å². The van der Waals surface area contributed by atoms with E-state index in [-0.39, 0.29) is 0 Å². The molecule has 1 fully saturated rings. The molecule has 0 spiro atoms. The van der Waals surface area contributed by atoms with E-state index in [2.05, 4.69) is 36.8 Å². The SMILES string of the molecule is [Cl][Ti+]([Cl])[Cl].c1ccc(SC2[CH-]CCCC2)cc1. The van der Waals surface area contributed by atoms with Crippen LogP contribution in [0.25, 0.3) is 0 Å². The van der Waals surface area contributed by atoms with Crippen LogP contribution in [-0.2, 0) is 14.7 Å². The summed E-state index contributed by atoms with van der Waals surface area (Å²) in [6.45, 7) is 0. The van der Waals surface area contributed by atoms with E-state index in [0.717, 1.165) is 5.25 Å². The minimum Gasteiger partial charge on any atom is -0.315 e. The Morgan fingerprint density at radius 1 is 1.12 bits per heavy atom. The second-order valence-corrected chi connectivity index (χ2v) is 12.8. The van der Waals surface area contributed by atoms with Crippen molar-refractivity contribution in [1.29, 1.82) is 0 Å². The summed E-state index contributed by atoms with van der Waals surface area (Å²) in [4.78, 5) is 1.41. The molecule has 0 N–H and O–H groups in total. The fourth-order valence-electron chi connectivity index (χ4n) is 1.69. The van der Waals surface area contributed by atoms with E-state index in [9.17, 15) is 0 Å². The smallest absolute Gasteiger partial charge is 0.00485 e. The van der Waals surface area contributed by atoms with Gasteiger partial charge in [0.05, 0.1) is 0 Å². The Bertz CT molecular complexity index is 286. The van der Waals surface area contributed by atoms with Gasteiger partial charge < -0.3 is 6.42 Å². The van der Waals surface area contributed by atoms with Crippen molar-refractivity contribution in [2.24, 2.45) is 0 Å². The maximum atomic E-state index is 4.97. The molecule has 1 aliphatic carbocycles. The van der Waals surface area contributed by atoms with E-state index in [0.29, 0.717) is 0 Å². The van der Waals surface area contributed by atoms with Crippen molar-refractivity contribution in [3.8, 4) is 0 Å². The molecule has 94 valence electrons. The van der Waals surface area contributed by atoms with Gasteiger partial charge in [0.2, 0.25) is 0 Å². The summed E-state index contributed by atoms with van der Waals surface area (Å²) >= 11 is 0.0923. The number of rotatable bonds is 2. The molecule has 1 aromatic rings. The summed E-state index contributed by atoms with van der Waals surface area (Å²) in [5, 5.41) is 0.760. The first-order valence-electron chi connectivity index (χ1n) is 5.57. The zero-order valence-corrected chi connectivity index (χ0v) is 14.1. The summed E-state index contributed by atoms with van der Waals surface area (Å²) < 4.78 is 0. The molecule has 0 heterocycles. The van der Waals surface area contributed by atoms with E-state index >= 15 is 0 Å².